The van der Waals surface area contributed by atoms with Crippen molar-refractivity contribution in [2.24, 2.45) is 0 Å². The first-order valence-corrected chi connectivity index (χ1v) is 7.27. The van der Waals surface area contributed by atoms with Crippen molar-refractivity contribution in [1.29, 1.82) is 0 Å². The van der Waals surface area contributed by atoms with Crippen LogP contribution in [0.3, 0.4) is 0 Å². The molecule has 0 bridgehead atoms. The van der Waals surface area contributed by atoms with E-state index in [0.29, 0.717) is 29.4 Å². The Labute approximate surface area is 136 Å². The number of allylic oxidation sites excluding steroid dienone is 3. The van der Waals surface area contributed by atoms with Crippen LogP contribution in [0.25, 0.3) is 0 Å². The highest BCUT2D eigenvalue weighted by atomic mass is 16.5. The van der Waals surface area contributed by atoms with Gasteiger partial charge in [0, 0.05) is 36.7 Å². The van der Waals surface area contributed by atoms with Crippen molar-refractivity contribution in [2.75, 3.05) is 5.73 Å². The standard InChI is InChI=1S/C20H15NO2/c21-16-8-6-11-18(14-16)23-20-13-7-12-19(15-20)22-17-9-4-2-1-3-5-10-17/h4,6,8-12,14-15H,2,5,21H2/b9-4-,17-10+. The molecule has 2 aromatic rings. The second-order valence-electron chi connectivity index (χ2n) is 4.87. The van der Waals surface area contributed by atoms with Gasteiger partial charge in [-0.25, -0.2) is 0 Å². The molecule has 0 saturated heterocycles. The highest BCUT2D eigenvalue weighted by Crippen LogP contribution is 2.25. The van der Waals surface area contributed by atoms with E-state index in [1.807, 2.05) is 30.4 Å². The molecule has 112 valence electrons. The van der Waals surface area contributed by atoms with Gasteiger partial charge < -0.3 is 15.2 Å². The van der Waals surface area contributed by atoms with E-state index in [0.717, 1.165) is 12.2 Å². The van der Waals surface area contributed by atoms with Crippen LogP contribution in [-0.2, 0) is 0 Å². The fourth-order valence-corrected chi connectivity index (χ4v) is 2.01. The summed E-state index contributed by atoms with van der Waals surface area (Å²) in [5, 5.41) is 0. The first-order valence-electron chi connectivity index (χ1n) is 7.27. The monoisotopic (exact) mass is 301 g/mol. The van der Waals surface area contributed by atoms with Crippen LogP contribution in [0, 0.1) is 24.0 Å². The topological polar surface area (TPSA) is 44.5 Å². The zero-order valence-electron chi connectivity index (χ0n) is 12.5. The highest BCUT2D eigenvalue weighted by molar-refractivity contribution is 5.45. The van der Waals surface area contributed by atoms with E-state index in [4.69, 9.17) is 15.2 Å². The van der Waals surface area contributed by atoms with Gasteiger partial charge in [-0.3, -0.25) is 0 Å². The van der Waals surface area contributed by atoms with Gasteiger partial charge >= 0.3 is 0 Å². The lowest BCUT2D eigenvalue weighted by atomic mass is 10.2. The number of hydrogen-bond donors (Lipinski definition) is 1. The van der Waals surface area contributed by atoms with E-state index in [1.54, 1.807) is 24.3 Å². The normalized spacial score (nSPS) is 16.4. The Morgan fingerprint density at radius 1 is 1.00 bits per heavy atom. The van der Waals surface area contributed by atoms with E-state index < -0.39 is 0 Å². The fraction of sp³-hybridized carbons (Fsp3) is 0.100. The number of nitrogen functional groups attached to an aromatic ring is 1. The van der Waals surface area contributed by atoms with Gasteiger partial charge in [0.05, 0.1) is 0 Å². The van der Waals surface area contributed by atoms with Crippen molar-refractivity contribution in [3.8, 4) is 29.1 Å². The van der Waals surface area contributed by atoms with Crippen LogP contribution in [0.2, 0.25) is 0 Å². The molecule has 0 saturated carbocycles. The van der Waals surface area contributed by atoms with Gasteiger partial charge in [0.15, 0.2) is 5.75 Å². The quantitative estimate of drug-likeness (QED) is 0.677. The maximum Gasteiger partial charge on any atom is 0.181 e. The minimum absolute atomic E-state index is 0.517. The maximum absolute atomic E-state index is 5.84. The minimum atomic E-state index is 0.517. The van der Waals surface area contributed by atoms with Crippen molar-refractivity contribution < 1.29 is 9.47 Å². The van der Waals surface area contributed by atoms with E-state index in [1.165, 1.54) is 0 Å². The predicted molar refractivity (Wildman–Crippen MR) is 89.9 cm³/mol. The third-order valence-electron chi connectivity index (χ3n) is 3.04. The minimum Gasteiger partial charge on any atom is -0.457 e. The molecular formula is C20H15NO2. The Balaban J connectivity index is 1.74. The smallest absolute Gasteiger partial charge is 0.181 e. The van der Waals surface area contributed by atoms with Crippen molar-refractivity contribution in [1.82, 2.24) is 0 Å². The number of nitrogens with two attached hydrogens (primary N) is 1. The van der Waals surface area contributed by atoms with Gasteiger partial charge in [-0.1, -0.05) is 30.0 Å². The molecule has 0 heterocycles. The van der Waals surface area contributed by atoms with Gasteiger partial charge in [-0.15, -0.1) is 0 Å². The Bertz CT molecular complexity index is 810. The van der Waals surface area contributed by atoms with Crippen molar-refractivity contribution >= 4 is 5.69 Å². The second-order valence-corrected chi connectivity index (χ2v) is 4.87. The van der Waals surface area contributed by atoms with Crippen LogP contribution in [0.5, 0.6) is 17.2 Å². The zero-order valence-corrected chi connectivity index (χ0v) is 12.5. The van der Waals surface area contributed by atoms with E-state index >= 15 is 0 Å². The summed E-state index contributed by atoms with van der Waals surface area (Å²) in [4.78, 5) is 0. The molecule has 3 heteroatoms. The molecule has 0 aromatic heterocycles. The molecule has 0 aliphatic heterocycles. The molecule has 0 amide bonds. The van der Waals surface area contributed by atoms with E-state index in [9.17, 15) is 0 Å². The molecule has 0 fully saturated rings. The lowest BCUT2D eigenvalue weighted by Crippen LogP contribution is -1.93. The predicted octanol–water partition coefficient (Wildman–Crippen LogP) is 4.28. The second kappa shape index (κ2) is 7.11. The van der Waals surface area contributed by atoms with Gasteiger partial charge in [0.2, 0.25) is 0 Å². The SMILES string of the molecule is Nc1cccc(Oc2c#ccc(OC3=C/CC#CC/C=C\3)c2)c1. The summed E-state index contributed by atoms with van der Waals surface area (Å²) in [5.41, 5.74) is 6.39. The Morgan fingerprint density at radius 2 is 1.91 bits per heavy atom. The summed E-state index contributed by atoms with van der Waals surface area (Å²) in [7, 11) is 0. The first-order chi connectivity index (χ1) is 11.3. The average molecular weight is 301 g/mol. The molecule has 0 spiro atoms. The van der Waals surface area contributed by atoms with Crippen LogP contribution in [0.15, 0.2) is 60.4 Å². The molecule has 2 aromatic carbocycles. The molecular weight excluding hydrogens is 286 g/mol. The summed E-state index contributed by atoms with van der Waals surface area (Å²) >= 11 is 0. The van der Waals surface area contributed by atoms with Crippen molar-refractivity contribution in [3.05, 3.63) is 72.5 Å². The Morgan fingerprint density at radius 3 is 2.83 bits per heavy atom. The Hall–Kier alpha value is -3.30. The number of anilines is 1. The van der Waals surface area contributed by atoms with E-state index in [2.05, 4.69) is 24.0 Å². The molecule has 0 unspecified atom stereocenters. The molecule has 23 heavy (non-hydrogen) atoms. The third-order valence-corrected chi connectivity index (χ3v) is 3.04. The average Bonchev–Trinajstić information content (AvgIpc) is 2.50. The molecule has 0 atom stereocenters. The van der Waals surface area contributed by atoms with Crippen LogP contribution in [0.1, 0.15) is 12.8 Å². The summed E-state index contributed by atoms with van der Waals surface area (Å²) in [6.45, 7) is 0. The molecule has 3 rings (SSSR count). The maximum atomic E-state index is 5.84. The molecule has 0 radical (unpaired) electrons. The van der Waals surface area contributed by atoms with Gasteiger partial charge in [0.25, 0.3) is 0 Å². The summed E-state index contributed by atoms with van der Waals surface area (Å²) < 4.78 is 11.6. The third kappa shape index (κ3) is 4.33. The van der Waals surface area contributed by atoms with Gasteiger partial charge in [-0.05, 0) is 30.4 Å². The molecule has 1 aliphatic carbocycles. The largest absolute Gasteiger partial charge is 0.457 e. The number of benzene rings is 1. The lowest BCUT2D eigenvalue weighted by Gasteiger charge is -2.08. The summed E-state index contributed by atoms with van der Waals surface area (Å²) in [6, 6.07) is 16.5. The summed E-state index contributed by atoms with van der Waals surface area (Å²) in [6.07, 6.45) is 7.25. The van der Waals surface area contributed by atoms with Gasteiger partial charge in [0.1, 0.15) is 17.3 Å². The van der Waals surface area contributed by atoms with Crippen molar-refractivity contribution in [2.45, 2.75) is 12.8 Å². The van der Waals surface area contributed by atoms with E-state index in [-0.39, 0.29) is 0 Å². The molecule has 1 aliphatic rings. The lowest BCUT2D eigenvalue weighted by molar-refractivity contribution is 0.434. The van der Waals surface area contributed by atoms with Crippen LogP contribution < -0.4 is 15.2 Å². The number of rotatable bonds is 4. The number of ether oxygens (including phenoxy) is 2. The Kier molecular flexibility index (Phi) is 4.52. The zero-order chi connectivity index (χ0) is 15.9. The number of hydrogen-bond acceptors (Lipinski definition) is 3. The highest BCUT2D eigenvalue weighted by Gasteiger charge is 2.02. The van der Waals surface area contributed by atoms with Crippen molar-refractivity contribution in [3.63, 3.8) is 0 Å². The van der Waals surface area contributed by atoms with Gasteiger partial charge in [-0.2, -0.15) is 0 Å². The molecule has 2 N–H and O–H groups in total. The van der Waals surface area contributed by atoms with Crippen LogP contribution in [0.4, 0.5) is 5.69 Å². The summed E-state index contributed by atoms with van der Waals surface area (Å²) in [5.74, 6) is 8.63. The van der Waals surface area contributed by atoms with Crippen LogP contribution in [-0.4, -0.2) is 0 Å². The van der Waals surface area contributed by atoms with Crippen LogP contribution >= 0.6 is 0 Å². The first kappa shape index (κ1) is 14.6. The molecule has 3 nitrogen and oxygen atoms in total. The fourth-order valence-electron chi connectivity index (χ4n) is 2.01.